The number of rotatable bonds is 2. The molecule has 0 bridgehead atoms. The van der Waals surface area contributed by atoms with E-state index in [4.69, 9.17) is 0 Å². The van der Waals surface area contributed by atoms with Crippen molar-refractivity contribution in [2.45, 2.75) is 19.4 Å². The molecule has 1 saturated heterocycles. The Morgan fingerprint density at radius 2 is 2.46 bits per heavy atom. The summed E-state index contributed by atoms with van der Waals surface area (Å²) < 4.78 is 0. The topological polar surface area (TPSA) is 41.1 Å². The molecule has 2 N–H and O–H groups in total. The first kappa shape index (κ1) is 8.72. The largest absolute Gasteiger partial charge is 0.318 e. The number of anilines is 1. The maximum Gasteiger partial charge on any atom is 0.221 e. The molecule has 1 aliphatic rings. The van der Waals surface area contributed by atoms with Gasteiger partial charge in [-0.15, -0.1) is 11.3 Å². The van der Waals surface area contributed by atoms with Crippen molar-refractivity contribution in [2.75, 3.05) is 11.9 Å². The number of hydrogen-bond donors (Lipinski definition) is 2. The Balaban J connectivity index is 2.04. The van der Waals surface area contributed by atoms with E-state index in [1.165, 1.54) is 18.2 Å². The Morgan fingerprint density at radius 3 is 3.00 bits per heavy atom. The van der Waals surface area contributed by atoms with Crippen LogP contribution in [0.4, 0.5) is 5.00 Å². The summed E-state index contributed by atoms with van der Waals surface area (Å²) in [4.78, 5) is 12.1. The zero-order valence-corrected chi connectivity index (χ0v) is 8.28. The van der Waals surface area contributed by atoms with Crippen molar-refractivity contribution in [2.24, 2.45) is 0 Å². The molecule has 1 aromatic heterocycles. The van der Waals surface area contributed by atoms with Gasteiger partial charge >= 0.3 is 0 Å². The van der Waals surface area contributed by atoms with Crippen molar-refractivity contribution in [3.63, 3.8) is 0 Å². The highest BCUT2D eigenvalue weighted by Crippen LogP contribution is 2.31. The smallest absolute Gasteiger partial charge is 0.221 e. The Kier molecular flexibility index (Phi) is 2.33. The number of thiophene rings is 1. The fourth-order valence-corrected chi connectivity index (χ4v) is 2.38. The average molecular weight is 196 g/mol. The molecule has 1 aromatic rings. The van der Waals surface area contributed by atoms with Crippen molar-refractivity contribution in [1.82, 2.24) is 5.32 Å². The van der Waals surface area contributed by atoms with Crippen LogP contribution in [0, 0.1) is 0 Å². The minimum Gasteiger partial charge on any atom is -0.318 e. The minimum atomic E-state index is -0.00466. The van der Waals surface area contributed by atoms with Crippen LogP contribution in [0.25, 0.3) is 0 Å². The van der Waals surface area contributed by atoms with Gasteiger partial charge in [0.05, 0.1) is 5.00 Å². The van der Waals surface area contributed by atoms with Crippen molar-refractivity contribution < 1.29 is 4.79 Å². The van der Waals surface area contributed by atoms with Gasteiger partial charge < -0.3 is 10.6 Å². The van der Waals surface area contributed by atoms with Crippen LogP contribution in [0.3, 0.4) is 0 Å². The maximum atomic E-state index is 10.8. The van der Waals surface area contributed by atoms with E-state index in [1.807, 2.05) is 6.07 Å². The van der Waals surface area contributed by atoms with Gasteiger partial charge in [0.15, 0.2) is 0 Å². The number of carbonyl (C=O) groups is 1. The zero-order valence-electron chi connectivity index (χ0n) is 7.46. The zero-order chi connectivity index (χ0) is 9.26. The number of hydrogen-bond acceptors (Lipinski definition) is 3. The normalized spacial score (nSPS) is 20.8. The molecule has 13 heavy (non-hydrogen) atoms. The third-order valence-electron chi connectivity index (χ3n) is 2.09. The van der Waals surface area contributed by atoms with E-state index >= 15 is 0 Å². The second-order valence-corrected chi connectivity index (χ2v) is 4.29. The number of amides is 1. The third-order valence-corrected chi connectivity index (χ3v) is 3.21. The lowest BCUT2D eigenvalue weighted by molar-refractivity contribution is -0.114. The highest BCUT2D eigenvalue weighted by molar-refractivity contribution is 7.16. The number of nitrogens with one attached hydrogen (secondary N) is 2. The average Bonchev–Trinajstić information content (AvgIpc) is 2.31. The molecular weight excluding hydrogens is 184 g/mol. The van der Waals surface area contributed by atoms with Gasteiger partial charge in [-0.2, -0.15) is 0 Å². The van der Waals surface area contributed by atoms with Gasteiger partial charge in [0.1, 0.15) is 0 Å². The second kappa shape index (κ2) is 3.47. The van der Waals surface area contributed by atoms with Crippen LogP contribution in [0.15, 0.2) is 12.1 Å². The third kappa shape index (κ3) is 1.89. The molecule has 0 unspecified atom stereocenters. The molecule has 0 saturated carbocycles. The molecule has 1 fully saturated rings. The quantitative estimate of drug-likeness (QED) is 0.756. The maximum absolute atomic E-state index is 10.8. The predicted molar refractivity (Wildman–Crippen MR) is 54.0 cm³/mol. The SMILES string of the molecule is CC(=O)Nc1ccc([C@H]2CCN2)s1. The first-order valence-corrected chi connectivity index (χ1v) is 5.18. The highest BCUT2D eigenvalue weighted by atomic mass is 32.1. The van der Waals surface area contributed by atoms with Gasteiger partial charge in [-0.05, 0) is 25.1 Å². The summed E-state index contributed by atoms with van der Waals surface area (Å²) in [5.74, 6) is -0.00466. The Bertz CT molecular complexity index is 317. The predicted octanol–water partition coefficient (Wildman–Crippen LogP) is 1.74. The number of carbonyl (C=O) groups excluding carboxylic acids is 1. The summed E-state index contributed by atoms with van der Waals surface area (Å²) in [5, 5.41) is 7.05. The van der Waals surface area contributed by atoms with Crippen molar-refractivity contribution in [3.8, 4) is 0 Å². The lowest BCUT2D eigenvalue weighted by Gasteiger charge is -2.26. The van der Waals surface area contributed by atoms with E-state index in [9.17, 15) is 4.79 Å². The summed E-state index contributed by atoms with van der Waals surface area (Å²) in [6, 6.07) is 4.56. The van der Waals surface area contributed by atoms with Gasteiger partial charge in [-0.25, -0.2) is 0 Å². The van der Waals surface area contributed by atoms with Crippen LogP contribution in [-0.2, 0) is 4.79 Å². The molecule has 4 heteroatoms. The fraction of sp³-hybridized carbons (Fsp3) is 0.444. The Hall–Kier alpha value is -0.870. The van der Waals surface area contributed by atoms with E-state index in [0.717, 1.165) is 11.5 Å². The van der Waals surface area contributed by atoms with Crippen LogP contribution in [-0.4, -0.2) is 12.5 Å². The molecule has 1 amide bonds. The minimum absolute atomic E-state index is 0.00466. The first-order valence-electron chi connectivity index (χ1n) is 4.36. The van der Waals surface area contributed by atoms with Gasteiger partial charge in [-0.3, -0.25) is 4.79 Å². The molecule has 1 aliphatic heterocycles. The molecular formula is C9H12N2OS. The second-order valence-electron chi connectivity index (χ2n) is 3.18. The van der Waals surface area contributed by atoms with Crippen molar-refractivity contribution in [1.29, 1.82) is 0 Å². The summed E-state index contributed by atoms with van der Waals surface area (Å²) in [5.41, 5.74) is 0. The Morgan fingerprint density at radius 1 is 1.69 bits per heavy atom. The summed E-state index contributed by atoms with van der Waals surface area (Å²) in [7, 11) is 0. The van der Waals surface area contributed by atoms with E-state index in [-0.39, 0.29) is 5.91 Å². The highest BCUT2D eigenvalue weighted by Gasteiger charge is 2.19. The van der Waals surface area contributed by atoms with Gasteiger partial charge in [0, 0.05) is 17.8 Å². The lowest BCUT2D eigenvalue weighted by atomic mass is 10.1. The van der Waals surface area contributed by atoms with E-state index in [1.54, 1.807) is 11.3 Å². The summed E-state index contributed by atoms with van der Waals surface area (Å²) >= 11 is 1.65. The van der Waals surface area contributed by atoms with Crippen molar-refractivity contribution >= 4 is 22.2 Å². The summed E-state index contributed by atoms with van der Waals surface area (Å²) in [6.45, 7) is 2.64. The van der Waals surface area contributed by atoms with Crippen LogP contribution >= 0.6 is 11.3 Å². The van der Waals surface area contributed by atoms with Crippen molar-refractivity contribution in [3.05, 3.63) is 17.0 Å². The van der Waals surface area contributed by atoms with Crippen LogP contribution in [0.5, 0.6) is 0 Å². The molecule has 1 atom stereocenters. The van der Waals surface area contributed by atoms with E-state index in [2.05, 4.69) is 16.7 Å². The van der Waals surface area contributed by atoms with E-state index in [0.29, 0.717) is 6.04 Å². The molecule has 3 nitrogen and oxygen atoms in total. The first-order chi connectivity index (χ1) is 6.25. The van der Waals surface area contributed by atoms with Crippen LogP contribution < -0.4 is 10.6 Å². The standard InChI is InChI=1S/C9H12N2OS/c1-6(12)11-9-3-2-8(13-9)7-4-5-10-7/h2-3,7,10H,4-5H2,1H3,(H,11,12)/t7-/m1/s1. The van der Waals surface area contributed by atoms with E-state index < -0.39 is 0 Å². The van der Waals surface area contributed by atoms with Crippen LogP contribution in [0.1, 0.15) is 24.3 Å². The molecule has 70 valence electrons. The molecule has 0 aliphatic carbocycles. The molecule has 0 spiro atoms. The van der Waals surface area contributed by atoms with Gasteiger partial charge in [0.25, 0.3) is 0 Å². The van der Waals surface area contributed by atoms with Crippen LogP contribution in [0.2, 0.25) is 0 Å². The molecule has 0 aromatic carbocycles. The van der Waals surface area contributed by atoms with Gasteiger partial charge in [0.2, 0.25) is 5.91 Å². The lowest BCUT2D eigenvalue weighted by Crippen LogP contribution is -2.34. The van der Waals surface area contributed by atoms with Gasteiger partial charge in [-0.1, -0.05) is 0 Å². The summed E-state index contributed by atoms with van der Waals surface area (Å²) in [6.07, 6.45) is 1.21. The Labute approximate surface area is 81.2 Å². The molecule has 2 heterocycles. The monoisotopic (exact) mass is 196 g/mol. The molecule has 0 radical (unpaired) electrons. The molecule has 2 rings (SSSR count). The fourth-order valence-electron chi connectivity index (χ4n) is 1.31.